The SMILES string of the molecule is Cc1cc(C(=O)N(C2CC2)C(C)c2ccccn2)c2cnn(C(C)C)c2n1. The summed E-state index contributed by atoms with van der Waals surface area (Å²) >= 11 is 0. The molecule has 1 amide bonds. The lowest BCUT2D eigenvalue weighted by atomic mass is 10.1. The molecule has 0 radical (unpaired) electrons. The molecule has 3 aromatic rings. The third-order valence-electron chi connectivity index (χ3n) is 5.12. The minimum absolute atomic E-state index is 0.0365. The highest BCUT2D eigenvalue weighted by molar-refractivity contribution is 6.05. The Labute approximate surface area is 159 Å². The fraction of sp³-hybridized carbons (Fsp3) is 0.429. The molecule has 1 saturated carbocycles. The molecule has 6 nitrogen and oxygen atoms in total. The average Bonchev–Trinajstić information content (AvgIpc) is 3.39. The van der Waals surface area contributed by atoms with Gasteiger partial charge in [-0.05, 0) is 58.7 Å². The van der Waals surface area contributed by atoms with Gasteiger partial charge < -0.3 is 4.90 Å². The summed E-state index contributed by atoms with van der Waals surface area (Å²) in [7, 11) is 0. The molecule has 0 bridgehead atoms. The van der Waals surface area contributed by atoms with Crippen LogP contribution < -0.4 is 0 Å². The van der Waals surface area contributed by atoms with Gasteiger partial charge in [-0.1, -0.05) is 6.07 Å². The van der Waals surface area contributed by atoms with E-state index in [4.69, 9.17) is 0 Å². The van der Waals surface area contributed by atoms with Gasteiger partial charge in [-0.2, -0.15) is 5.10 Å². The van der Waals surface area contributed by atoms with E-state index in [2.05, 4.69) is 35.8 Å². The van der Waals surface area contributed by atoms with Gasteiger partial charge in [0.1, 0.15) is 0 Å². The molecule has 1 aliphatic rings. The molecule has 0 aliphatic heterocycles. The van der Waals surface area contributed by atoms with Crippen molar-refractivity contribution in [2.45, 2.75) is 58.7 Å². The van der Waals surface area contributed by atoms with Crippen molar-refractivity contribution in [3.63, 3.8) is 0 Å². The molecular formula is C21H25N5O. The largest absolute Gasteiger partial charge is 0.327 e. The zero-order chi connectivity index (χ0) is 19.1. The van der Waals surface area contributed by atoms with Crippen LogP contribution in [-0.2, 0) is 0 Å². The van der Waals surface area contributed by atoms with Gasteiger partial charge >= 0.3 is 0 Å². The Bertz CT molecular complexity index is 975. The average molecular weight is 363 g/mol. The van der Waals surface area contributed by atoms with Crippen molar-refractivity contribution >= 4 is 16.9 Å². The normalized spacial score (nSPS) is 15.3. The minimum Gasteiger partial charge on any atom is -0.327 e. The molecule has 1 aliphatic carbocycles. The second-order valence-electron chi connectivity index (χ2n) is 7.61. The Morgan fingerprint density at radius 3 is 2.67 bits per heavy atom. The van der Waals surface area contributed by atoms with E-state index in [9.17, 15) is 4.79 Å². The highest BCUT2D eigenvalue weighted by Crippen LogP contribution is 2.36. The Balaban J connectivity index is 1.78. The van der Waals surface area contributed by atoms with Crippen LogP contribution in [0.5, 0.6) is 0 Å². The first-order chi connectivity index (χ1) is 13.0. The van der Waals surface area contributed by atoms with Gasteiger partial charge in [0.15, 0.2) is 5.65 Å². The number of carbonyl (C=O) groups excluding carboxylic acids is 1. The number of hydrogen-bond donors (Lipinski definition) is 0. The highest BCUT2D eigenvalue weighted by atomic mass is 16.2. The van der Waals surface area contributed by atoms with E-state index in [1.165, 1.54) is 0 Å². The molecule has 1 fully saturated rings. The van der Waals surface area contributed by atoms with Crippen LogP contribution >= 0.6 is 0 Å². The minimum atomic E-state index is -0.0742. The molecule has 0 saturated heterocycles. The summed E-state index contributed by atoms with van der Waals surface area (Å²) in [5.74, 6) is 0.0365. The van der Waals surface area contributed by atoms with Crippen LogP contribution in [0, 0.1) is 6.92 Å². The Morgan fingerprint density at radius 1 is 1.26 bits per heavy atom. The maximum atomic E-state index is 13.6. The van der Waals surface area contributed by atoms with Gasteiger partial charge in [-0.3, -0.25) is 9.78 Å². The fourth-order valence-corrected chi connectivity index (χ4v) is 3.61. The second kappa shape index (κ2) is 6.76. The van der Waals surface area contributed by atoms with E-state index in [-0.39, 0.29) is 24.0 Å². The summed E-state index contributed by atoms with van der Waals surface area (Å²) in [5, 5.41) is 5.29. The molecule has 140 valence electrons. The van der Waals surface area contributed by atoms with Crippen LogP contribution in [0.2, 0.25) is 0 Å². The van der Waals surface area contributed by atoms with Crippen molar-refractivity contribution in [2.75, 3.05) is 0 Å². The van der Waals surface area contributed by atoms with Crippen molar-refractivity contribution in [3.05, 3.63) is 53.6 Å². The molecule has 3 aromatic heterocycles. The number of fused-ring (bicyclic) bond motifs is 1. The van der Waals surface area contributed by atoms with Gasteiger partial charge in [0.05, 0.1) is 28.9 Å². The number of pyridine rings is 2. The van der Waals surface area contributed by atoms with Gasteiger partial charge in [0.2, 0.25) is 0 Å². The molecule has 0 aromatic carbocycles. The molecule has 4 rings (SSSR count). The lowest BCUT2D eigenvalue weighted by Crippen LogP contribution is -2.36. The lowest BCUT2D eigenvalue weighted by Gasteiger charge is -2.29. The van der Waals surface area contributed by atoms with Gasteiger partial charge in [-0.15, -0.1) is 0 Å². The first-order valence-electron chi connectivity index (χ1n) is 9.56. The Hall–Kier alpha value is -2.76. The van der Waals surface area contributed by atoms with Crippen molar-refractivity contribution in [1.82, 2.24) is 24.6 Å². The predicted octanol–water partition coefficient (Wildman–Crippen LogP) is 4.08. The molecule has 0 spiro atoms. The zero-order valence-electron chi connectivity index (χ0n) is 16.3. The van der Waals surface area contributed by atoms with Gasteiger partial charge in [0.25, 0.3) is 5.91 Å². The number of rotatable bonds is 5. The molecule has 27 heavy (non-hydrogen) atoms. The van der Waals surface area contributed by atoms with Gasteiger partial charge in [-0.25, -0.2) is 9.67 Å². The Morgan fingerprint density at radius 2 is 2.04 bits per heavy atom. The fourth-order valence-electron chi connectivity index (χ4n) is 3.61. The standard InChI is InChI=1S/C21H25N5O/c1-13(2)26-20-18(12-23-26)17(11-14(3)24-20)21(27)25(16-8-9-16)15(4)19-7-5-6-10-22-19/h5-7,10-13,15-16H,8-9H2,1-4H3. The van der Waals surface area contributed by atoms with E-state index in [1.54, 1.807) is 12.4 Å². The first-order valence-corrected chi connectivity index (χ1v) is 9.56. The summed E-state index contributed by atoms with van der Waals surface area (Å²) in [4.78, 5) is 24.7. The van der Waals surface area contributed by atoms with Crippen LogP contribution in [0.15, 0.2) is 36.7 Å². The van der Waals surface area contributed by atoms with E-state index in [0.29, 0.717) is 5.56 Å². The maximum absolute atomic E-state index is 13.6. The number of aryl methyl sites for hydroxylation is 1. The van der Waals surface area contributed by atoms with Crippen molar-refractivity contribution in [1.29, 1.82) is 0 Å². The molecule has 1 atom stereocenters. The monoisotopic (exact) mass is 363 g/mol. The number of aromatic nitrogens is 4. The molecular weight excluding hydrogens is 338 g/mol. The van der Waals surface area contributed by atoms with Crippen LogP contribution in [0.3, 0.4) is 0 Å². The van der Waals surface area contributed by atoms with Crippen LogP contribution in [0.1, 0.15) is 67.4 Å². The number of hydrogen-bond acceptors (Lipinski definition) is 4. The van der Waals surface area contributed by atoms with Crippen molar-refractivity contribution < 1.29 is 4.79 Å². The van der Waals surface area contributed by atoms with E-state index >= 15 is 0 Å². The molecule has 3 heterocycles. The molecule has 1 unspecified atom stereocenters. The molecule has 6 heteroatoms. The summed E-state index contributed by atoms with van der Waals surface area (Å²) in [6.45, 7) is 8.12. The van der Waals surface area contributed by atoms with Gasteiger partial charge in [0, 0.05) is 24.0 Å². The summed E-state index contributed by atoms with van der Waals surface area (Å²) in [6, 6.07) is 8.13. The third-order valence-corrected chi connectivity index (χ3v) is 5.12. The third kappa shape index (κ3) is 3.20. The van der Waals surface area contributed by atoms with Crippen LogP contribution in [-0.4, -0.2) is 36.6 Å². The summed E-state index contributed by atoms with van der Waals surface area (Å²) in [6.07, 6.45) is 5.64. The van der Waals surface area contributed by atoms with Crippen molar-refractivity contribution in [3.8, 4) is 0 Å². The predicted molar refractivity (Wildman–Crippen MR) is 104 cm³/mol. The second-order valence-corrected chi connectivity index (χ2v) is 7.61. The summed E-state index contributed by atoms with van der Waals surface area (Å²) < 4.78 is 1.88. The van der Waals surface area contributed by atoms with Crippen molar-refractivity contribution in [2.24, 2.45) is 0 Å². The van der Waals surface area contributed by atoms with E-state index in [0.717, 1.165) is 35.3 Å². The highest BCUT2D eigenvalue weighted by Gasteiger charge is 2.38. The van der Waals surface area contributed by atoms with E-state index in [1.807, 2.05) is 40.8 Å². The number of carbonyl (C=O) groups is 1. The quantitative estimate of drug-likeness (QED) is 0.685. The lowest BCUT2D eigenvalue weighted by molar-refractivity contribution is 0.0672. The smallest absolute Gasteiger partial charge is 0.255 e. The topological polar surface area (TPSA) is 63.9 Å². The Kier molecular flexibility index (Phi) is 4.42. The maximum Gasteiger partial charge on any atom is 0.255 e. The number of nitrogens with zero attached hydrogens (tertiary/aromatic N) is 5. The number of amides is 1. The molecule has 0 N–H and O–H groups in total. The van der Waals surface area contributed by atoms with Crippen LogP contribution in [0.4, 0.5) is 0 Å². The summed E-state index contributed by atoms with van der Waals surface area (Å²) in [5.41, 5.74) is 3.20. The zero-order valence-corrected chi connectivity index (χ0v) is 16.3. The van der Waals surface area contributed by atoms with Crippen LogP contribution in [0.25, 0.3) is 11.0 Å². The van der Waals surface area contributed by atoms with E-state index < -0.39 is 0 Å². The first kappa shape index (κ1) is 17.6.